The second-order valence-electron chi connectivity index (χ2n) is 7.35. The molecule has 1 atom stereocenters. The highest BCUT2D eigenvalue weighted by molar-refractivity contribution is 9.10. The normalized spacial score (nSPS) is 15.4. The van der Waals surface area contributed by atoms with Crippen LogP contribution in [0.5, 0.6) is 0 Å². The summed E-state index contributed by atoms with van der Waals surface area (Å²) in [6, 6.07) is 10.3. The van der Waals surface area contributed by atoms with E-state index in [0.29, 0.717) is 26.3 Å². The van der Waals surface area contributed by atoms with Crippen LogP contribution in [-0.4, -0.2) is 41.9 Å². The Labute approximate surface area is 198 Å². The molecule has 3 rings (SSSR count). The number of halogens is 2. The molecule has 1 fully saturated rings. The Morgan fingerprint density at radius 1 is 1.19 bits per heavy atom. The van der Waals surface area contributed by atoms with Crippen molar-refractivity contribution >= 4 is 56.9 Å². The van der Waals surface area contributed by atoms with Crippen molar-refractivity contribution in [3.8, 4) is 0 Å². The van der Waals surface area contributed by atoms with Crippen LogP contribution in [0.3, 0.4) is 0 Å². The lowest BCUT2D eigenvalue weighted by molar-refractivity contribution is -0.151. The summed E-state index contributed by atoms with van der Waals surface area (Å²) in [4.78, 5) is 49.2. The molecular weight excluding hydrogens is 502 g/mol. The highest BCUT2D eigenvalue weighted by Crippen LogP contribution is 2.31. The summed E-state index contributed by atoms with van der Waals surface area (Å²) in [6.07, 6.45) is -0.115. The molecule has 0 aromatic heterocycles. The van der Waals surface area contributed by atoms with E-state index in [-0.39, 0.29) is 13.0 Å². The van der Waals surface area contributed by atoms with Gasteiger partial charge in [0.25, 0.3) is 11.8 Å². The topological polar surface area (TPSA) is 105 Å². The molecule has 2 aromatic rings. The summed E-state index contributed by atoms with van der Waals surface area (Å²) in [7, 11) is 0. The molecule has 2 N–H and O–H groups in total. The van der Waals surface area contributed by atoms with Crippen molar-refractivity contribution < 1.29 is 23.9 Å². The van der Waals surface area contributed by atoms with Gasteiger partial charge in [-0.15, -0.1) is 0 Å². The van der Waals surface area contributed by atoms with Crippen LogP contribution in [0.2, 0.25) is 5.02 Å². The van der Waals surface area contributed by atoms with Crippen molar-refractivity contribution in [3.05, 3.63) is 62.6 Å². The van der Waals surface area contributed by atoms with Gasteiger partial charge in [0.1, 0.15) is 0 Å². The van der Waals surface area contributed by atoms with Gasteiger partial charge in [-0.2, -0.15) is 0 Å². The zero-order valence-electron chi connectivity index (χ0n) is 17.4. The van der Waals surface area contributed by atoms with E-state index in [4.69, 9.17) is 16.3 Å². The fourth-order valence-electron chi connectivity index (χ4n) is 3.21. The van der Waals surface area contributed by atoms with Crippen LogP contribution in [0.25, 0.3) is 0 Å². The molecule has 1 saturated heterocycles. The number of aryl methyl sites for hydroxylation is 1. The van der Waals surface area contributed by atoms with Crippen molar-refractivity contribution in [3.63, 3.8) is 0 Å². The molecule has 32 heavy (non-hydrogen) atoms. The Bertz CT molecular complexity index is 1090. The van der Waals surface area contributed by atoms with Gasteiger partial charge in [0.15, 0.2) is 6.61 Å². The van der Waals surface area contributed by atoms with Gasteiger partial charge < -0.3 is 10.1 Å². The fraction of sp³-hybridized carbons (Fsp3) is 0.273. The largest absolute Gasteiger partial charge is 0.455 e. The molecule has 8 nitrogen and oxygen atoms in total. The number of hydrazine groups is 1. The molecule has 1 aliphatic heterocycles. The Balaban J connectivity index is 1.51. The number of hydrogen-bond acceptors (Lipinski definition) is 5. The molecule has 168 valence electrons. The number of benzene rings is 2. The first-order valence-electron chi connectivity index (χ1n) is 9.75. The Morgan fingerprint density at radius 3 is 2.62 bits per heavy atom. The van der Waals surface area contributed by atoms with E-state index in [2.05, 4.69) is 26.7 Å². The Morgan fingerprint density at radius 2 is 1.91 bits per heavy atom. The van der Waals surface area contributed by atoms with Crippen molar-refractivity contribution in [2.24, 2.45) is 5.92 Å². The lowest BCUT2D eigenvalue weighted by atomic mass is 10.1. The molecule has 0 unspecified atom stereocenters. The van der Waals surface area contributed by atoms with Crippen LogP contribution in [0.15, 0.2) is 40.9 Å². The fourth-order valence-corrected chi connectivity index (χ4v) is 3.81. The molecule has 0 radical (unpaired) electrons. The van der Waals surface area contributed by atoms with Crippen molar-refractivity contribution in [1.29, 1.82) is 0 Å². The van der Waals surface area contributed by atoms with Crippen molar-refractivity contribution in [2.45, 2.75) is 20.3 Å². The first-order valence-corrected chi connectivity index (χ1v) is 10.9. The maximum absolute atomic E-state index is 12.4. The maximum atomic E-state index is 12.4. The summed E-state index contributed by atoms with van der Waals surface area (Å²) in [5.41, 5.74) is 4.90. The predicted octanol–water partition coefficient (Wildman–Crippen LogP) is 3.39. The van der Waals surface area contributed by atoms with Gasteiger partial charge in [0.05, 0.1) is 17.5 Å². The van der Waals surface area contributed by atoms with Crippen LogP contribution < -0.4 is 10.7 Å². The monoisotopic (exact) mass is 521 g/mol. The Hall–Kier alpha value is -2.91. The summed E-state index contributed by atoms with van der Waals surface area (Å²) in [5.74, 6) is -2.84. The number of carbonyl (C=O) groups excluding carboxylic acids is 4. The number of amides is 3. The molecule has 0 saturated carbocycles. The average Bonchev–Trinajstić information content (AvgIpc) is 3.13. The van der Waals surface area contributed by atoms with Gasteiger partial charge in [-0.25, -0.2) is 0 Å². The molecule has 10 heteroatoms. The maximum Gasteiger partial charge on any atom is 0.311 e. The summed E-state index contributed by atoms with van der Waals surface area (Å²) in [5, 5.41) is 4.21. The van der Waals surface area contributed by atoms with E-state index < -0.39 is 36.2 Å². The molecule has 3 amide bonds. The van der Waals surface area contributed by atoms with Gasteiger partial charge in [-0.05, 0) is 59.1 Å². The summed E-state index contributed by atoms with van der Waals surface area (Å²) < 4.78 is 5.77. The zero-order chi connectivity index (χ0) is 23.4. The Kier molecular flexibility index (Phi) is 7.52. The third-order valence-corrected chi connectivity index (χ3v) is 6.42. The smallest absolute Gasteiger partial charge is 0.311 e. The number of esters is 1. The lowest BCUT2D eigenvalue weighted by Gasteiger charge is -2.18. The van der Waals surface area contributed by atoms with Crippen LogP contribution >= 0.6 is 27.5 Å². The number of carbonyl (C=O) groups is 4. The molecule has 2 aromatic carbocycles. The minimum Gasteiger partial charge on any atom is -0.455 e. The number of nitrogens with one attached hydrogen (secondary N) is 2. The molecule has 1 heterocycles. The highest BCUT2D eigenvalue weighted by atomic mass is 79.9. The van der Waals surface area contributed by atoms with E-state index in [1.54, 1.807) is 44.2 Å². The van der Waals surface area contributed by atoms with E-state index >= 15 is 0 Å². The highest BCUT2D eigenvalue weighted by Gasteiger charge is 2.36. The zero-order valence-corrected chi connectivity index (χ0v) is 19.7. The second-order valence-corrected chi connectivity index (χ2v) is 8.58. The molecular formula is C22H21BrClN3O5. The van der Waals surface area contributed by atoms with Gasteiger partial charge in [0.2, 0.25) is 5.91 Å². The lowest BCUT2D eigenvalue weighted by Crippen LogP contribution is -2.43. The van der Waals surface area contributed by atoms with Gasteiger partial charge >= 0.3 is 5.97 Å². The first kappa shape index (κ1) is 23.7. The van der Waals surface area contributed by atoms with E-state index in [1.165, 1.54) is 0 Å². The quantitative estimate of drug-likeness (QED) is 0.566. The summed E-state index contributed by atoms with van der Waals surface area (Å²) >= 11 is 9.44. The van der Waals surface area contributed by atoms with Gasteiger partial charge in [-0.1, -0.05) is 29.8 Å². The standard InChI is InChI=1S/C22H21BrClN3O5/c1-12-5-3-4-6-15(12)21(30)26-27-10-14(9-19(27)29)22(31)32-11-18(28)25-17-8-7-16(23)20(24)13(17)2/h3-8,14H,9-11H2,1-2H3,(H,25,28)(H,26,30)/t14-/m1/s1. The van der Waals surface area contributed by atoms with Gasteiger partial charge in [0, 0.05) is 22.1 Å². The second kappa shape index (κ2) is 10.1. The minimum absolute atomic E-state index is 0.0294. The minimum atomic E-state index is -0.781. The van der Waals surface area contributed by atoms with Crippen LogP contribution in [0.1, 0.15) is 27.9 Å². The first-order chi connectivity index (χ1) is 15.2. The van der Waals surface area contributed by atoms with Crippen LogP contribution in [0.4, 0.5) is 5.69 Å². The van der Waals surface area contributed by atoms with Gasteiger partial charge in [-0.3, -0.25) is 29.6 Å². The number of ether oxygens (including phenoxy) is 1. The third-order valence-electron chi connectivity index (χ3n) is 5.04. The van der Waals surface area contributed by atoms with Crippen molar-refractivity contribution in [1.82, 2.24) is 10.4 Å². The van der Waals surface area contributed by atoms with Crippen LogP contribution in [-0.2, 0) is 19.1 Å². The average molecular weight is 523 g/mol. The van der Waals surface area contributed by atoms with Crippen molar-refractivity contribution in [2.75, 3.05) is 18.5 Å². The molecule has 0 aliphatic carbocycles. The summed E-state index contributed by atoms with van der Waals surface area (Å²) in [6.45, 7) is 3.00. The molecule has 0 spiro atoms. The SMILES string of the molecule is Cc1ccccc1C(=O)NN1C[C@H](C(=O)OCC(=O)Nc2ccc(Br)c(Cl)c2C)CC1=O. The number of nitrogens with zero attached hydrogens (tertiary/aromatic N) is 1. The van der Waals surface area contributed by atoms with E-state index in [0.717, 1.165) is 10.6 Å². The van der Waals surface area contributed by atoms with E-state index in [1.807, 2.05) is 6.07 Å². The predicted molar refractivity (Wildman–Crippen MR) is 122 cm³/mol. The van der Waals surface area contributed by atoms with Crippen LogP contribution in [0, 0.1) is 19.8 Å². The molecule has 1 aliphatic rings. The third kappa shape index (κ3) is 5.46. The molecule has 0 bridgehead atoms. The number of rotatable bonds is 6. The number of hydrogen-bond donors (Lipinski definition) is 2. The number of anilines is 1. The van der Waals surface area contributed by atoms with E-state index in [9.17, 15) is 19.2 Å².